The Morgan fingerprint density at radius 2 is 1.97 bits per heavy atom. The Balaban J connectivity index is 1.60. The Hall–Kier alpha value is -2.49. The minimum atomic E-state index is -1.42. The number of rotatable bonds is 4. The van der Waals surface area contributed by atoms with Crippen molar-refractivity contribution in [2.75, 3.05) is 11.9 Å². The number of anilines is 1. The summed E-state index contributed by atoms with van der Waals surface area (Å²) in [6.45, 7) is 1.35. The van der Waals surface area contributed by atoms with Crippen molar-refractivity contribution in [3.8, 4) is 0 Å². The molecular weight excluding hydrogens is 378 g/mol. The van der Waals surface area contributed by atoms with Crippen molar-refractivity contribution >= 4 is 22.6 Å². The van der Waals surface area contributed by atoms with Crippen LogP contribution in [0.1, 0.15) is 23.8 Å². The first-order valence-electron chi connectivity index (χ1n) is 9.39. The van der Waals surface area contributed by atoms with Gasteiger partial charge in [0.2, 0.25) is 0 Å². The monoisotopic (exact) mass is 401 g/mol. The number of hydrogen-bond donors (Lipinski definition) is 5. The number of hydrogen-bond acceptors (Lipinski definition) is 8. The highest BCUT2D eigenvalue weighted by atomic mass is 16.6. The Kier molecular flexibility index (Phi) is 5.28. The molecule has 1 saturated heterocycles. The van der Waals surface area contributed by atoms with Crippen molar-refractivity contribution in [2.45, 2.75) is 44.0 Å². The van der Waals surface area contributed by atoms with Gasteiger partial charge in [-0.1, -0.05) is 6.07 Å². The first-order chi connectivity index (χ1) is 13.9. The van der Waals surface area contributed by atoms with Gasteiger partial charge < -0.3 is 34.9 Å². The molecule has 154 valence electrons. The van der Waals surface area contributed by atoms with E-state index in [0.29, 0.717) is 17.0 Å². The summed E-state index contributed by atoms with van der Waals surface area (Å²) in [5.74, 6) is 0.489. The molecule has 2 aliphatic rings. The van der Waals surface area contributed by atoms with Gasteiger partial charge in [0, 0.05) is 12.1 Å². The first kappa shape index (κ1) is 19.8. The number of allylic oxidation sites excluding steroid dienone is 2. The van der Waals surface area contributed by atoms with Gasteiger partial charge >= 0.3 is 0 Å². The molecule has 0 saturated carbocycles. The van der Waals surface area contributed by atoms with E-state index in [1.165, 1.54) is 6.26 Å². The molecule has 0 amide bonds. The van der Waals surface area contributed by atoms with Crippen LogP contribution in [0.5, 0.6) is 0 Å². The van der Waals surface area contributed by atoms with Crippen LogP contribution < -0.4 is 5.32 Å². The van der Waals surface area contributed by atoms with Crippen molar-refractivity contribution in [1.29, 1.82) is 0 Å². The Bertz CT molecular complexity index is 937. The highest BCUT2D eigenvalue weighted by molar-refractivity contribution is 6.29. The number of ketones is 1. The number of carbonyl (C=O) groups is 1. The molecule has 8 heteroatoms. The third kappa shape index (κ3) is 3.50. The zero-order chi connectivity index (χ0) is 20.7. The molecule has 5 atom stereocenters. The Morgan fingerprint density at radius 3 is 2.66 bits per heavy atom. The van der Waals surface area contributed by atoms with E-state index in [9.17, 15) is 25.2 Å². The lowest BCUT2D eigenvalue weighted by Crippen LogP contribution is -2.61. The molecular formula is C21H23NO7. The third-order valence-corrected chi connectivity index (χ3v) is 5.52. The van der Waals surface area contributed by atoms with Crippen LogP contribution in [0.15, 0.2) is 41.0 Å². The van der Waals surface area contributed by atoms with Crippen LogP contribution in [0.2, 0.25) is 0 Å². The van der Waals surface area contributed by atoms with Crippen LogP contribution in [-0.4, -0.2) is 63.5 Å². The van der Waals surface area contributed by atoms with Crippen molar-refractivity contribution < 1.29 is 34.4 Å². The molecule has 29 heavy (non-hydrogen) atoms. The minimum absolute atomic E-state index is 0.0515. The van der Waals surface area contributed by atoms with E-state index in [1.54, 1.807) is 24.3 Å². The van der Waals surface area contributed by atoms with Gasteiger partial charge in [0.05, 0.1) is 18.4 Å². The van der Waals surface area contributed by atoms with Crippen molar-refractivity contribution in [1.82, 2.24) is 0 Å². The predicted octanol–water partition coefficient (Wildman–Crippen LogP) is 0.547. The Morgan fingerprint density at radius 1 is 1.17 bits per heavy atom. The maximum atomic E-state index is 12.7. The lowest BCUT2D eigenvalue weighted by molar-refractivity contribution is -0.245. The van der Waals surface area contributed by atoms with Crippen molar-refractivity contribution in [3.05, 3.63) is 53.5 Å². The topological polar surface area (TPSA) is 132 Å². The zero-order valence-electron chi connectivity index (χ0n) is 15.8. The largest absolute Gasteiger partial charge is 0.464 e. The number of fused-ring (bicyclic) bond motifs is 1. The number of carbonyl (C=O) groups excluding carboxylic acids is 1. The molecule has 1 aromatic carbocycles. The van der Waals surface area contributed by atoms with E-state index in [-0.39, 0.29) is 12.2 Å². The van der Waals surface area contributed by atoms with Crippen LogP contribution in [0, 0.1) is 0 Å². The van der Waals surface area contributed by atoms with Gasteiger partial charge in [0.15, 0.2) is 12.1 Å². The van der Waals surface area contributed by atoms with Crippen LogP contribution in [-0.2, 0) is 16.0 Å². The molecule has 4 rings (SSSR count). The summed E-state index contributed by atoms with van der Waals surface area (Å²) in [4.78, 5) is 12.7. The summed E-state index contributed by atoms with van der Waals surface area (Å²) in [5.41, 5.74) is 3.67. The summed E-state index contributed by atoms with van der Waals surface area (Å²) >= 11 is 0. The average Bonchev–Trinajstić information content (AvgIpc) is 3.22. The third-order valence-electron chi connectivity index (χ3n) is 5.52. The summed E-state index contributed by atoms with van der Waals surface area (Å²) in [5, 5.41) is 42.6. The number of aliphatic hydroxyl groups excluding tert-OH is 4. The number of ether oxygens (including phenoxy) is 1. The molecule has 2 aromatic rings. The number of Topliss-reactive ketones (excluding diaryl/α,β-unsaturated/α-hetero) is 1. The maximum absolute atomic E-state index is 12.7. The minimum Gasteiger partial charge on any atom is -0.464 e. The molecule has 1 fully saturated rings. The van der Waals surface area contributed by atoms with E-state index in [2.05, 4.69) is 5.32 Å². The molecule has 2 heterocycles. The van der Waals surface area contributed by atoms with Gasteiger partial charge in [0.25, 0.3) is 0 Å². The predicted molar refractivity (Wildman–Crippen MR) is 104 cm³/mol. The summed E-state index contributed by atoms with van der Waals surface area (Å²) < 4.78 is 10.6. The molecule has 5 N–H and O–H groups in total. The van der Waals surface area contributed by atoms with E-state index in [1.807, 2.05) is 13.0 Å². The molecule has 1 aliphatic heterocycles. The summed E-state index contributed by atoms with van der Waals surface area (Å²) in [6.07, 6.45) is -3.45. The van der Waals surface area contributed by atoms with Gasteiger partial charge in [-0.2, -0.15) is 0 Å². The molecule has 2 unspecified atom stereocenters. The number of nitrogens with one attached hydrogen (secondary N) is 1. The lowest BCUT2D eigenvalue weighted by atomic mass is 9.84. The molecule has 0 bridgehead atoms. The second-order valence-corrected chi connectivity index (χ2v) is 7.35. The number of furan rings is 1. The molecule has 0 spiro atoms. The SMILES string of the molecule is CC1=C(c2ccco2)C(=O)Cc2cc(NC3[C@@H](O)OC(CO)[C@H](O)[C@H]3O)ccc21. The fourth-order valence-corrected chi connectivity index (χ4v) is 3.99. The van der Waals surface area contributed by atoms with E-state index in [4.69, 9.17) is 9.15 Å². The molecule has 1 aromatic heterocycles. The van der Waals surface area contributed by atoms with E-state index in [0.717, 1.165) is 16.7 Å². The fraction of sp³-hybridized carbons (Fsp3) is 0.381. The second-order valence-electron chi connectivity index (χ2n) is 7.35. The average molecular weight is 401 g/mol. The van der Waals surface area contributed by atoms with Crippen LogP contribution in [0.25, 0.3) is 11.1 Å². The second kappa shape index (κ2) is 7.74. The molecule has 8 nitrogen and oxygen atoms in total. The number of benzene rings is 1. The fourth-order valence-electron chi connectivity index (χ4n) is 3.99. The number of aliphatic hydroxyl groups is 4. The van der Waals surface area contributed by atoms with E-state index < -0.39 is 37.3 Å². The normalized spacial score (nSPS) is 29.7. The lowest BCUT2D eigenvalue weighted by Gasteiger charge is -2.40. The van der Waals surface area contributed by atoms with Crippen LogP contribution >= 0.6 is 0 Å². The highest BCUT2D eigenvalue weighted by Gasteiger charge is 2.43. The van der Waals surface area contributed by atoms with Gasteiger partial charge in [-0.25, -0.2) is 0 Å². The van der Waals surface area contributed by atoms with Crippen molar-refractivity contribution in [2.24, 2.45) is 0 Å². The van der Waals surface area contributed by atoms with Crippen molar-refractivity contribution in [3.63, 3.8) is 0 Å². The Labute approximate surface area is 167 Å². The zero-order valence-corrected chi connectivity index (χ0v) is 15.8. The highest BCUT2D eigenvalue weighted by Crippen LogP contribution is 2.36. The van der Waals surface area contributed by atoms with Gasteiger partial charge in [0.1, 0.15) is 30.1 Å². The molecule has 0 radical (unpaired) electrons. The quantitative estimate of drug-likeness (QED) is 0.502. The van der Waals surface area contributed by atoms with Crippen LogP contribution in [0.4, 0.5) is 5.69 Å². The maximum Gasteiger partial charge on any atom is 0.178 e. The van der Waals surface area contributed by atoms with E-state index >= 15 is 0 Å². The summed E-state index contributed by atoms with van der Waals surface area (Å²) in [7, 11) is 0. The van der Waals surface area contributed by atoms with Crippen LogP contribution in [0.3, 0.4) is 0 Å². The molecule has 1 aliphatic carbocycles. The smallest absolute Gasteiger partial charge is 0.178 e. The summed E-state index contributed by atoms with van der Waals surface area (Å²) in [6, 6.07) is 7.90. The first-order valence-corrected chi connectivity index (χ1v) is 9.39. The van der Waals surface area contributed by atoms with Gasteiger partial charge in [-0.3, -0.25) is 4.79 Å². The standard InChI is InChI=1S/C21H23NO7/c1-10-13-5-4-12(22-18-20(26)19(25)16(9-23)29-21(18)27)7-11(13)8-14(24)17(10)15-3-2-6-28-15/h2-7,16,18-23,25-27H,8-9H2,1H3/t16?,18?,19-,20-,21-/m0/s1. The van der Waals surface area contributed by atoms with Gasteiger partial charge in [-0.05, 0) is 47.9 Å². The van der Waals surface area contributed by atoms with Gasteiger partial charge in [-0.15, -0.1) is 0 Å².